The number of hydrogen-bond acceptors (Lipinski definition) is 3. The highest BCUT2D eigenvalue weighted by molar-refractivity contribution is 7.35. The number of rotatable bonds is 32. The van der Waals surface area contributed by atoms with Gasteiger partial charge in [0, 0.05) is 13.2 Å². The van der Waals surface area contributed by atoms with Gasteiger partial charge in [-0.2, -0.15) is 0 Å². The molecule has 0 aliphatic heterocycles. The van der Waals surface area contributed by atoms with Crippen molar-refractivity contribution in [3.05, 3.63) is 0 Å². The summed E-state index contributed by atoms with van der Waals surface area (Å²) in [4.78, 5) is 0. The van der Waals surface area contributed by atoms with Gasteiger partial charge in [0.15, 0.2) is 0 Å². The van der Waals surface area contributed by atoms with Crippen LogP contribution in [0.1, 0.15) is 219 Å². The van der Waals surface area contributed by atoms with Crippen LogP contribution in [0.25, 0.3) is 0 Å². The van der Waals surface area contributed by atoms with Gasteiger partial charge in [0.05, 0.1) is 0 Å². The normalized spacial score (nSPS) is 16.5. The van der Waals surface area contributed by atoms with E-state index in [4.69, 9.17) is 49.1 Å². The summed E-state index contributed by atoms with van der Waals surface area (Å²) in [5.41, 5.74) is 8.16. The van der Waals surface area contributed by atoms with E-state index in [1.807, 2.05) is 0 Å². The fraction of sp³-hybridized carbons (Fsp3) is 1.00. The van der Waals surface area contributed by atoms with E-state index in [9.17, 15) is 0 Å². The van der Waals surface area contributed by atoms with E-state index in [0.29, 0.717) is 79.7 Å². The molecule has 0 amide bonds. The molecule has 0 spiro atoms. The molecule has 0 N–H and O–H groups in total. The Bertz CT molecular complexity index is 1040. The summed E-state index contributed by atoms with van der Waals surface area (Å²) in [6.07, 6.45) is 6.13. The van der Waals surface area contributed by atoms with Gasteiger partial charge in [-0.3, -0.25) is 0 Å². The van der Waals surface area contributed by atoms with Crippen LogP contribution in [-0.2, 0) is 4.74 Å². The molecular weight excluding hydrogens is 955 g/mol. The molecule has 378 valence electrons. The molecule has 2 radical (unpaired) electrons. The lowest BCUT2D eigenvalue weighted by molar-refractivity contribution is 0.111. The van der Waals surface area contributed by atoms with E-state index in [2.05, 4.69) is 188 Å². The summed E-state index contributed by atoms with van der Waals surface area (Å²) >= 11 is 28.2. The Morgan fingerprint density at radius 3 is 0.667 bits per heavy atom. The van der Waals surface area contributed by atoms with Crippen LogP contribution in [0.3, 0.4) is 0 Å². The van der Waals surface area contributed by atoms with Crippen LogP contribution in [-0.4, -0.2) is 82.5 Å². The Morgan fingerprint density at radius 2 is 0.524 bits per heavy atom. The zero-order chi connectivity index (χ0) is 50.0. The van der Waals surface area contributed by atoms with Gasteiger partial charge in [-0.05, 0) is 128 Å². The first-order valence-electron chi connectivity index (χ1n) is 26.1. The van der Waals surface area contributed by atoms with Crippen LogP contribution in [0.5, 0.6) is 0 Å². The largest absolute Gasteiger partial charge is 0.381 e. The fourth-order valence-corrected chi connectivity index (χ4v) is 59.7. The molecule has 0 aliphatic carbocycles. The lowest BCUT2D eigenvalue weighted by atomic mass is 10.00. The first-order valence-corrected chi connectivity index (χ1v) is 41.9. The topological polar surface area (TPSA) is 15.7 Å². The predicted octanol–water partition coefficient (Wildman–Crippen LogP) is 20.1. The lowest BCUT2D eigenvalue weighted by Gasteiger charge is -2.63. The second kappa shape index (κ2) is 27.2. The minimum absolute atomic E-state index is 0.130. The molecule has 0 aromatic rings. The Kier molecular flexibility index (Phi) is 28.3. The monoisotopic (exact) mass is 1060 g/mol. The van der Waals surface area contributed by atoms with E-state index in [-0.39, 0.29) is 10.1 Å². The van der Waals surface area contributed by atoms with E-state index in [1.165, 1.54) is 0 Å². The minimum Gasteiger partial charge on any atom is -0.381 e. The van der Waals surface area contributed by atoms with Gasteiger partial charge >= 0.3 is 0 Å². The highest BCUT2D eigenvalue weighted by Gasteiger charge is 2.61. The molecule has 0 aromatic carbocycles. The smallest absolute Gasteiger partial charge is 0.280 e. The van der Waals surface area contributed by atoms with Gasteiger partial charge < -0.3 is 13.2 Å². The van der Waals surface area contributed by atoms with E-state index in [0.717, 1.165) is 51.6 Å². The summed E-state index contributed by atoms with van der Waals surface area (Å²) in [6.45, 7) is 69.6. The zero-order valence-corrected chi connectivity index (χ0v) is 55.8. The molecule has 63 heavy (non-hydrogen) atoms. The molecule has 0 fully saturated rings. The van der Waals surface area contributed by atoms with Crippen LogP contribution in [0.4, 0.5) is 0 Å². The maximum Gasteiger partial charge on any atom is 0.280 e. The molecule has 13 heteroatoms. The predicted molar refractivity (Wildman–Crippen MR) is 308 cm³/mol. The average Bonchev–Trinajstić information content (AvgIpc) is 3.10. The van der Waals surface area contributed by atoms with Crippen LogP contribution >= 0.6 is 44.3 Å². The molecule has 0 bridgehead atoms. The highest BCUT2D eigenvalue weighted by Crippen LogP contribution is 2.56. The van der Waals surface area contributed by atoms with E-state index < -0.39 is 47.8 Å². The maximum absolute atomic E-state index is 7.06. The van der Waals surface area contributed by atoms with Crippen LogP contribution in [0, 0.1) is 0 Å². The van der Waals surface area contributed by atoms with Gasteiger partial charge in [0.25, 0.3) is 14.8 Å². The lowest BCUT2D eigenvalue weighted by Crippen LogP contribution is -2.74. The third-order valence-electron chi connectivity index (χ3n) is 17.7. The molecule has 3 nitrogen and oxygen atoms in total. The number of ether oxygens (including phenoxy) is 1. The molecule has 0 saturated heterocycles. The second-order valence-electron chi connectivity index (χ2n) is 24.7. The molecule has 2 atom stereocenters. The summed E-state index contributed by atoms with van der Waals surface area (Å²) in [5, 5.41) is -0.260. The van der Waals surface area contributed by atoms with Crippen LogP contribution in [0.15, 0.2) is 0 Å². The third-order valence-corrected chi connectivity index (χ3v) is 57.5. The van der Waals surface area contributed by atoms with Crippen molar-refractivity contribution in [3.8, 4) is 0 Å². The quantitative estimate of drug-likeness (QED) is 0.0379. The van der Waals surface area contributed by atoms with Crippen molar-refractivity contribution >= 4 is 92.1 Å². The Morgan fingerprint density at radius 1 is 0.349 bits per heavy atom. The third kappa shape index (κ3) is 13.9. The van der Waals surface area contributed by atoms with Crippen molar-refractivity contribution in [2.24, 2.45) is 0 Å². The zero-order valence-electron chi connectivity index (χ0n) is 46.8. The van der Waals surface area contributed by atoms with Crippen molar-refractivity contribution in [1.29, 1.82) is 0 Å². The van der Waals surface area contributed by atoms with Gasteiger partial charge in [-0.1, -0.05) is 180 Å². The summed E-state index contributed by atoms with van der Waals surface area (Å²) in [6, 6.07) is 0. The first kappa shape index (κ1) is 65.3. The number of hydrogen-bond donors (Lipinski definition) is 0. The van der Waals surface area contributed by atoms with Gasteiger partial charge in [-0.25, -0.2) is 0 Å². The van der Waals surface area contributed by atoms with Crippen molar-refractivity contribution in [3.63, 3.8) is 0 Å². The van der Waals surface area contributed by atoms with Crippen LogP contribution < -0.4 is 0 Å². The van der Waals surface area contributed by atoms with Gasteiger partial charge in [0.2, 0.25) is 0 Å². The molecule has 0 heterocycles. The number of nitrogens with zero attached hydrogens (tertiary/aromatic N) is 2. The van der Waals surface area contributed by atoms with Gasteiger partial charge in [0.1, 0.15) is 32.9 Å². The molecule has 0 aliphatic rings. The van der Waals surface area contributed by atoms with Crippen molar-refractivity contribution < 1.29 is 4.74 Å². The second-order valence-corrected chi connectivity index (χ2v) is 57.8. The van der Waals surface area contributed by atoms with Crippen molar-refractivity contribution in [1.82, 2.24) is 8.46 Å². The SMILES string of the molecule is CC(C)[Si](C(C)C)(C(C)C)N(CCCC(C)(CCOCCC(C)(CCCN([Si](C(C)C)(C(C)C)C(C)C)[Si](C(C)C)(C(C)C)C(C)C)[Si](Cl)Cl)[Si](Cl)Cl)[Si](C(C)C)(C(C)C)C(C)C. The Labute approximate surface area is 423 Å². The molecular formula is C50H110Cl4N2OSi6. The van der Waals surface area contributed by atoms with Crippen molar-refractivity contribution in [2.75, 3.05) is 26.3 Å². The van der Waals surface area contributed by atoms with Crippen LogP contribution in [0.2, 0.25) is 76.6 Å². The van der Waals surface area contributed by atoms with Crippen molar-refractivity contribution in [2.45, 2.75) is 295 Å². The summed E-state index contributed by atoms with van der Waals surface area (Å²) in [7, 11) is -11.0. The Hall–Kier alpha value is 2.34. The highest BCUT2D eigenvalue weighted by atomic mass is 35.7. The fourth-order valence-electron chi connectivity index (χ4n) is 15.8. The Balaban J connectivity index is 6.48. The first-order chi connectivity index (χ1) is 28.6. The maximum atomic E-state index is 7.06. The van der Waals surface area contributed by atoms with E-state index in [1.54, 1.807) is 0 Å². The summed E-state index contributed by atoms with van der Waals surface area (Å²) in [5.74, 6) is 0. The number of halogens is 4. The molecule has 0 rings (SSSR count). The standard InChI is InChI=1S/C50H110Cl4N2OSi6/c1-37(2)60(38(3)4,39(5)6)55(61(40(7)8,41(9)10)42(11)12)33-27-29-49(25,58(51)52)31-35-57-36-32-50(26,59(53)54)30-28-34-56(62(43(13)14,44(15)16)45(17)18)63(46(19)20,47(21)22)48(23)24/h37-48H,27-36H2,1-26H3. The average molecular weight is 1070 g/mol. The minimum atomic E-state index is -1.94. The molecule has 0 saturated carbocycles. The molecule has 0 aromatic heterocycles. The van der Waals surface area contributed by atoms with E-state index >= 15 is 0 Å². The van der Waals surface area contributed by atoms with Gasteiger partial charge in [-0.15, -0.1) is 44.3 Å². The molecule has 2 unspecified atom stereocenters. The summed E-state index contributed by atoms with van der Waals surface area (Å²) < 4.78 is 13.2.